The van der Waals surface area contributed by atoms with E-state index >= 15 is 0 Å². The largest absolute Gasteiger partial charge is 0.475 e. The van der Waals surface area contributed by atoms with Crippen LogP contribution in [0.5, 0.6) is 0 Å². The van der Waals surface area contributed by atoms with Gasteiger partial charge in [0.1, 0.15) is 0 Å². The van der Waals surface area contributed by atoms with E-state index in [4.69, 9.17) is 5.11 Å². The lowest BCUT2D eigenvalue weighted by Crippen LogP contribution is -2.21. The Balaban J connectivity index is 2.47. The second kappa shape index (κ2) is 3.34. The molecule has 0 aromatic carbocycles. The Morgan fingerprint density at radius 1 is 1.91 bits per heavy atom. The van der Waals surface area contributed by atoms with E-state index in [0.29, 0.717) is 0 Å². The topological polar surface area (TPSA) is 58.6 Å². The molecule has 1 aliphatic rings. The fourth-order valence-corrected chi connectivity index (χ4v) is 0.765. The van der Waals surface area contributed by atoms with Crippen LogP contribution in [0.25, 0.3) is 0 Å². The van der Waals surface area contributed by atoms with Gasteiger partial charge >= 0.3 is 5.97 Å². The summed E-state index contributed by atoms with van der Waals surface area (Å²) in [4.78, 5) is 14.7. The highest BCUT2D eigenvalue weighted by Crippen LogP contribution is 2.09. The van der Waals surface area contributed by atoms with Gasteiger partial charge in [-0.15, -0.1) is 5.48 Å². The van der Waals surface area contributed by atoms with E-state index in [1.807, 2.05) is 0 Å². The first-order chi connectivity index (χ1) is 5.24. The lowest BCUT2D eigenvalue weighted by Gasteiger charge is -2.02. The van der Waals surface area contributed by atoms with Crippen molar-refractivity contribution in [3.05, 3.63) is 11.8 Å². The van der Waals surface area contributed by atoms with Crippen molar-refractivity contribution >= 4 is 5.97 Å². The van der Waals surface area contributed by atoms with Crippen molar-refractivity contribution in [1.82, 2.24) is 5.48 Å². The maximum absolute atomic E-state index is 11.7. The van der Waals surface area contributed by atoms with Gasteiger partial charge in [-0.05, 0) is 12.5 Å². The molecule has 1 aliphatic heterocycles. The molecule has 2 N–H and O–H groups in total. The summed E-state index contributed by atoms with van der Waals surface area (Å²) in [5.41, 5.74) is 2.38. The molecule has 62 valence electrons. The summed E-state index contributed by atoms with van der Waals surface area (Å²) in [6.45, 7) is -0.496. The number of alkyl halides is 1. The minimum absolute atomic E-state index is 0.163. The number of hydrogen-bond acceptors (Lipinski definition) is 3. The molecule has 0 saturated carbocycles. The van der Waals surface area contributed by atoms with Gasteiger partial charge < -0.3 is 9.94 Å². The van der Waals surface area contributed by atoms with Crippen LogP contribution in [0.15, 0.2) is 11.8 Å². The number of hydrogen-bond donors (Lipinski definition) is 2. The van der Waals surface area contributed by atoms with Crippen molar-refractivity contribution in [2.24, 2.45) is 0 Å². The molecule has 0 aromatic heterocycles. The molecule has 1 heterocycles. The van der Waals surface area contributed by atoms with E-state index in [1.165, 1.54) is 6.08 Å². The number of carboxylic acids is 1. The average molecular weight is 161 g/mol. The molecule has 0 amide bonds. The maximum atomic E-state index is 11.7. The Morgan fingerprint density at radius 3 is 3.09 bits per heavy atom. The SMILES string of the molecule is O=C(O)C1=CC(CCF)NO1. The van der Waals surface area contributed by atoms with Crippen LogP contribution in [0.2, 0.25) is 0 Å². The standard InChI is InChI=1S/C6H8FNO3/c7-2-1-4-3-5(6(9)10)11-8-4/h3-4,8H,1-2H2,(H,9,10). The Hall–Kier alpha value is -1.10. The van der Waals surface area contributed by atoms with Crippen LogP contribution in [-0.4, -0.2) is 23.8 Å². The van der Waals surface area contributed by atoms with Gasteiger partial charge in [0.2, 0.25) is 5.76 Å². The van der Waals surface area contributed by atoms with Gasteiger partial charge in [0.15, 0.2) is 0 Å². The van der Waals surface area contributed by atoms with Crippen molar-refractivity contribution in [1.29, 1.82) is 0 Å². The highest BCUT2D eigenvalue weighted by molar-refractivity contribution is 5.84. The second-order valence-corrected chi connectivity index (χ2v) is 2.14. The van der Waals surface area contributed by atoms with Crippen molar-refractivity contribution in [3.8, 4) is 0 Å². The molecule has 0 aromatic rings. The number of halogens is 1. The molecule has 0 saturated heterocycles. The number of aliphatic carboxylic acids is 1. The number of nitrogens with one attached hydrogen (secondary N) is 1. The zero-order valence-electron chi connectivity index (χ0n) is 5.71. The van der Waals surface area contributed by atoms with Crippen LogP contribution >= 0.6 is 0 Å². The first-order valence-electron chi connectivity index (χ1n) is 3.17. The summed E-state index contributed by atoms with van der Waals surface area (Å²) in [7, 11) is 0. The number of carbonyl (C=O) groups is 1. The summed E-state index contributed by atoms with van der Waals surface area (Å²) < 4.78 is 11.7. The summed E-state index contributed by atoms with van der Waals surface area (Å²) in [6.07, 6.45) is 1.58. The van der Waals surface area contributed by atoms with E-state index in [9.17, 15) is 9.18 Å². The van der Waals surface area contributed by atoms with Crippen LogP contribution in [-0.2, 0) is 9.63 Å². The number of rotatable bonds is 3. The molecule has 0 fully saturated rings. The molecule has 0 spiro atoms. The molecule has 5 heteroatoms. The number of carboxylic acid groups (broad SMARTS) is 1. The lowest BCUT2D eigenvalue weighted by molar-refractivity contribution is -0.137. The second-order valence-electron chi connectivity index (χ2n) is 2.14. The van der Waals surface area contributed by atoms with Gasteiger partial charge in [0, 0.05) is 0 Å². The quantitative estimate of drug-likeness (QED) is 0.621. The van der Waals surface area contributed by atoms with Crippen molar-refractivity contribution in [2.45, 2.75) is 12.5 Å². The molecule has 1 rings (SSSR count). The Morgan fingerprint density at radius 2 is 2.64 bits per heavy atom. The zero-order chi connectivity index (χ0) is 8.27. The summed E-state index contributed by atoms with van der Waals surface area (Å²) in [6, 6.07) is -0.314. The van der Waals surface area contributed by atoms with Crippen molar-refractivity contribution in [2.75, 3.05) is 6.67 Å². The fraction of sp³-hybridized carbons (Fsp3) is 0.500. The van der Waals surface area contributed by atoms with Crippen LogP contribution in [0.1, 0.15) is 6.42 Å². The van der Waals surface area contributed by atoms with E-state index in [2.05, 4.69) is 10.3 Å². The minimum Gasteiger partial charge on any atom is -0.475 e. The van der Waals surface area contributed by atoms with Gasteiger partial charge in [0.25, 0.3) is 0 Å². The van der Waals surface area contributed by atoms with Gasteiger partial charge in [-0.3, -0.25) is 4.39 Å². The van der Waals surface area contributed by atoms with E-state index < -0.39 is 12.6 Å². The molecular weight excluding hydrogens is 153 g/mol. The monoisotopic (exact) mass is 161 g/mol. The van der Waals surface area contributed by atoms with E-state index in [1.54, 1.807) is 0 Å². The molecule has 1 unspecified atom stereocenters. The normalized spacial score (nSPS) is 22.6. The molecule has 1 atom stereocenters. The molecule has 0 radical (unpaired) electrons. The van der Waals surface area contributed by atoms with Crippen LogP contribution < -0.4 is 5.48 Å². The summed E-state index contributed by atoms with van der Waals surface area (Å²) in [5.74, 6) is -1.30. The highest BCUT2D eigenvalue weighted by atomic mass is 19.1. The van der Waals surface area contributed by atoms with Gasteiger partial charge in [-0.2, -0.15) is 0 Å². The predicted octanol–water partition coefficient (Wildman–Crippen LogP) is 0.218. The summed E-state index contributed by atoms with van der Waals surface area (Å²) >= 11 is 0. The van der Waals surface area contributed by atoms with Gasteiger partial charge in [0.05, 0.1) is 12.7 Å². The predicted molar refractivity (Wildman–Crippen MR) is 34.3 cm³/mol. The van der Waals surface area contributed by atoms with Crippen molar-refractivity contribution < 1.29 is 19.1 Å². The van der Waals surface area contributed by atoms with Crippen LogP contribution in [0, 0.1) is 0 Å². The fourth-order valence-electron chi connectivity index (χ4n) is 0.765. The summed E-state index contributed by atoms with van der Waals surface area (Å²) in [5, 5.41) is 8.37. The maximum Gasteiger partial charge on any atom is 0.373 e. The highest BCUT2D eigenvalue weighted by Gasteiger charge is 2.21. The number of hydroxylamine groups is 1. The zero-order valence-corrected chi connectivity index (χ0v) is 5.71. The lowest BCUT2D eigenvalue weighted by atomic mass is 10.2. The first kappa shape index (κ1) is 8.00. The Kier molecular flexibility index (Phi) is 2.43. The third-order valence-electron chi connectivity index (χ3n) is 1.30. The van der Waals surface area contributed by atoms with E-state index in [0.717, 1.165) is 0 Å². The first-order valence-corrected chi connectivity index (χ1v) is 3.17. The van der Waals surface area contributed by atoms with E-state index in [-0.39, 0.29) is 18.2 Å². The third-order valence-corrected chi connectivity index (χ3v) is 1.30. The third kappa shape index (κ3) is 1.91. The molecular formula is C6H8FNO3. The average Bonchev–Trinajstić information content (AvgIpc) is 2.37. The molecule has 11 heavy (non-hydrogen) atoms. The smallest absolute Gasteiger partial charge is 0.373 e. The molecule has 0 bridgehead atoms. The van der Waals surface area contributed by atoms with Gasteiger partial charge in [-0.1, -0.05) is 0 Å². The Bertz CT molecular complexity index is 192. The molecule has 4 nitrogen and oxygen atoms in total. The van der Waals surface area contributed by atoms with Crippen LogP contribution in [0.3, 0.4) is 0 Å². The van der Waals surface area contributed by atoms with Crippen molar-refractivity contribution in [3.63, 3.8) is 0 Å². The van der Waals surface area contributed by atoms with Gasteiger partial charge in [-0.25, -0.2) is 4.79 Å². The van der Waals surface area contributed by atoms with Crippen LogP contribution in [0.4, 0.5) is 4.39 Å². The minimum atomic E-state index is -1.14. The Labute approximate surface area is 62.6 Å². The molecule has 0 aliphatic carbocycles.